The number of methoxy groups -OCH3 is 2. The normalized spacial score (nSPS) is 10.5. The molecule has 3 rings (SSSR count). The Morgan fingerprint density at radius 3 is 2.50 bits per heavy atom. The number of hydrogen-bond donors (Lipinski definition) is 1. The SMILES string of the molecule is COc1cc(C(=O)Nc2cccc(Cl)c2-n2cncn2)cc(OC)c1Br. The first kappa shape index (κ1) is 18.2. The summed E-state index contributed by atoms with van der Waals surface area (Å²) >= 11 is 9.66. The fourth-order valence-electron chi connectivity index (χ4n) is 2.37. The molecule has 0 bridgehead atoms. The van der Waals surface area contributed by atoms with Gasteiger partial charge in [-0.05, 0) is 40.2 Å². The van der Waals surface area contributed by atoms with Crippen molar-refractivity contribution in [3.63, 3.8) is 0 Å². The fraction of sp³-hybridized carbons (Fsp3) is 0.118. The molecule has 0 radical (unpaired) electrons. The van der Waals surface area contributed by atoms with E-state index >= 15 is 0 Å². The highest BCUT2D eigenvalue weighted by molar-refractivity contribution is 9.10. The van der Waals surface area contributed by atoms with Crippen LogP contribution in [-0.4, -0.2) is 34.9 Å². The number of rotatable bonds is 5. The van der Waals surface area contributed by atoms with Crippen molar-refractivity contribution in [3.8, 4) is 17.2 Å². The first-order valence-corrected chi connectivity index (χ1v) is 8.58. The zero-order valence-electron chi connectivity index (χ0n) is 13.9. The molecule has 1 N–H and O–H groups in total. The molecule has 0 aliphatic rings. The largest absolute Gasteiger partial charge is 0.495 e. The van der Waals surface area contributed by atoms with Crippen LogP contribution in [0.1, 0.15) is 10.4 Å². The van der Waals surface area contributed by atoms with Crippen molar-refractivity contribution in [3.05, 3.63) is 58.0 Å². The molecule has 1 aromatic heterocycles. The first-order chi connectivity index (χ1) is 12.5. The molecular formula is C17H14BrClN4O3. The molecule has 0 saturated heterocycles. The maximum Gasteiger partial charge on any atom is 0.255 e. The summed E-state index contributed by atoms with van der Waals surface area (Å²) in [5.74, 6) is 0.618. The minimum Gasteiger partial charge on any atom is -0.495 e. The Morgan fingerprint density at radius 1 is 1.23 bits per heavy atom. The number of hydrogen-bond acceptors (Lipinski definition) is 5. The smallest absolute Gasteiger partial charge is 0.255 e. The van der Waals surface area contributed by atoms with Crippen LogP contribution < -0.4 is 14.8 Å². The van der Waals surface area contributed by atoms with Gasteiger partial charge in [0.2, 0.25) is 0 Å². The van der Waals surface area contributed by atoms with Crippen LogP contribution in [0.5, 0.6) is 11.5 Å². The van der Waals surface area contributed by atoms with E-state index in [0.29, 0.717) is 37.9 Å². The Morgan fingerprint density at radius 2 is 1.92 bits per heavy atom. The molecule has 0 aliphatic carbocycles. The van der Waals surface area contributed by atoms with Gasteiger partial charge in [-0.15, -0.1) is 0 Å². The number of benzene rings is 2. The van der Waals surface area contributed by atoms with Gasteiger partial charge in [0.25, 0.3) is 5.91 Å². The van der Waals surface area contributed by atoms with Crippen molar-refractivity contribution in [1.29, 1.82) is 0 Å². The summed E-state index contributed by atoms with van der Waals surface area (Å²) in [7, 11) is 3.03. The van der Waals surface area contributed by atoms with Gasteiger partial charge in [-0.3, -0.25) is 4.79 Å². The minimum atomic E-state index is -0.349. The average molecular weight is 438 g/mol. The quantitative estimate of drug-likeness (QED) is 0.654. The van der Waals surface area contributed by atoms with E-state index in [-0.39, 0.29) is 5.91 Å². The Balaban J connectivity index is 1.98. The van der Waals surface area contributed by atoms with Crippen molar-refractivity contribution < 1.29 is 14.3 Å². The van der Waals surface area contributed by atoms with Gasteiger partial charge in [0.05, 0.1) is 24.9 Å². The van der Waals surface area contributed by atoms with Gasteiger partial charge < -0.3 is 14.8 Å². The van der Waals surface area contributed by atoms with Gasteiger partial charge in [0.15, 0.2) is 0 Å². The van der Waals surface area contributed by atoms with Crippen LogP contribution in [0.25, 0.3) is 5.69 Å². The molecule has 134 valence electrons. The summed E-state index contributed by atoms with van der Waals surface area (Å²) in [4.78, 5) is 16.7. The molecule has 0 unspecified atom stereocenters. The Hall–Kier alpha value is -2.58. The van der Waals surface area contributed by atoms with E-state index in [1.54, 1.807) is 30.3 Å². The first-order valence-electron chi connectivity index (χ1n) is 7.41. The van der Waals surface area contributed by atoms with Crippen molar-refractivity contribution in [2.24, 2.45) is 0 Å². The van der Waals surface area contributed by atoms with Gasteiger partial charge in [0, 0.05) is 5.56 Å². The third-order valence-corrected chi connectivity index (χ3v) is 4.68. The van der Waals surface area contributed by atoms with Crippen LogP contribution in [-0.2, 0) is 0 Å². The molecule has 0 aliphatic heterocycles. The Labute approximate surface area is 163 Å². The van der Waals surface area contributed by atoms with Gasteiger partial charge in [0.1, 0.15) is 34.3 Å². The van der Waals surface area contributed by atoms with Crippen LogP contribution in [0.2, 0.25) is 5.02 Å². The fourth-order valence-corrected chi connectivity index (χ4v) is 3.18. The number of nitrogens with zero attached hydrogens (tertiary/aromatic N) is 3. The maximum absolute atomic E-state index is 12.8. The van der Waals surface area contributed by atoms with Crippen LogP contribution in [0.3, 0.4) is 0 Å². The number of nitrogens with one attached hydrogen (secondary N) is 1. The van der Waals surface area contributed by atoms with Gasteiger partial charge in [-0.25, -0.2) is 9.67 Å². The van der Waals surface area contributed by atoms with Crippen LogP contribution in [0.4, 0.5) is 5.69 Å². The van der Waals surface area contributed by atoms with Crippen LogP contribution in [0.15, 0.2) is 47.5 Å². The zero-order valence-corrected chi connectivity index (χ0v) is 16.2. The second-order valence-electron chi connectivity index (χ2n) is 5.12. The van der Waals surface area contributed by atoms with Gasteiger partial charge >= 0.3 is 0 Å². The van der Waals surface area contributed by atoms with Gasteiger partial charge in [-0.1, -0.05) is 17.7 Å². The number of carbonyl (C=O) groups excluding carboxylic acids is 1. The molecule has 0 atom stereocenters. The molecule has 7 nitrogen and oxygen atoms in total. The molecule has 0 fully saturated rings. The highest BCUT2D eigenvalue weighted by Gasteiger charge is 2.17. The average Bonchev–Trinajstić information content (AvgIpc) is 3.16. The monoisotopic (exact) mass is 436 g/mol. The van der Waals surface area contributed by atoms with E-state index in [1.807, 2.05) is 0 Å². The van der Waals surface area contributed by atoms with E-state index in [9.17, 15) is 4.79 Å². The minimum absolute atomic E-state index is 0.349. The molecular weight excluding hydrogens is 424 g/mol. The lowest BCUT2D eigenvalue weighted by Gasteiger charge is -2.14. The lowest BCUT2D eigenvalue weighted by molar-refractivity contribution is 0.102. The zero-order chi connectivity index (χ0) is 18.7. The van der Waals surface area contributed by atoms with E-state index < -0.39 is 0 Å². The lowest BCUT2D eigenvalue weighted by Crippen LogP contribution is -2.14. The van der Waals surface area contributed by atoms with Crippen LogP contribution in [0, 0.1) is 0 Å². The highest BCUT2D eigenvalue weighted by Crippen LogP contribution is 2.36. The molecule has 9 heteroatoms. The number of amides is 1. The summed E-state index contributed by atoms with van der Waals surface area (Å²) in [5.41, 5.74) is 1.39. The number of anilines is 1. The predicted molar refractivity (Wildman–Crippen MR) is 102 cm³/mol. The van der Waals surface area contributed by atoms with Crippen molar-refractivity contribution >= 4 is 39.1 Å². The maximum atomic E-state index is 12.8. The highest BCUT2D eigenvalue weighted by atomic mass is 79.9. The third-order valence-electron chi connectivity index (χ3n) is 3.59. The molecule has 2 aromatic carbocycles. The van der Waals surface area contributed by atoms with Gasteiger partial charge in [-0.2, -0.15) is 5.10 Å². The third kappa shape index (κ3) is 3.51. The van der Waals surface area contributed by atoms with Crippen LogP contribution >= 0.6 is 27.5 Å². The molecule has 0 saturated carbocycles. The molecule has 26 heavy (non-hydrogen) atoms. The predicted octanol–water partition coefficient (Wildman–Crippen LogP) is 3.95. The molecule has 1 amide bonds. The second kappa shape index (κ2) is 7.76. The second-order valence-corrected chi connectivity index (χ2v) is 6.33. The summed E-state index contributed by atoms with van der Waals surface area (Å²) in [6.07, 6.45) is 2.89. The van der Waals surface area contributed by atoms with E-state index in [2.05, 4.69) is 31.3 Å². The Kier molecular flexibility index (Phi) is 5.43. The number of carbonyl (C=O) groups is 1. The number of aromatic nitrogens is 3. The molecule has 0 spiro atoms. The summed E-state index contributed by atoms with van der Waals surface area (Å²) in [5, 5.41) is 7.35. The van der Waals surface area contributed by atoms with E-state index in [0.717, 1.165) is 0 Å². The lowest BCUT2D eigenvalue weighted by atomic mass is 10.1. The number of halogens is 2. The number of ether oxygens (including phenoxy) is 2. The van der Waals surface area contributed by atoms with E-state index in [4.69, 9.17) is 21.1 Å². The molecule has 3 aromatic rings. The Bertz CT molecular complexity index is 922. The summed E-state index contributed by atoms with van der Waals surface area (Å²) in [6.45, 7) is 0. The van der Waals surface area contributed by atoms with Crippen molar-refractivity contribution in [2.75, 3.05) is 19.5 Å². The van der Waals surface area contributed by atoms with Crippen molar-refractivity contribution in [1.82, 2.24) is 14.8 Å². The number of para-hydroxylation sites is 1. The van der Waals surface area contributed by atoms with Crippen molar-refractivity contribution in [2.45, 2.75) is 0 Å². The summed E-state index contributed by atoms with van der Waals surface area (Å²) in [6, 6.07) is 8.40. The topological polar surface area (TPSA) is 78.3 Å². The standard InChI is InChI=1S/C17H14BrClN4O3/c1-25-13-6-10(7-14(26-2)15(13)18)17(24)22-12-5-3-4-11(19)16(12)23-9-20-8-21-23/h3-9H,1-2H3,(H,22,24). The molecule has 1 heterocycles. The summed E-state index contributed by atoms with van der Waals surface area (Å²) < 4.78 is 12.7. The van der Waals surface area contributed by atoms with E-state index in [1.165, 1.54) is 31.6 Å².